The number of hydrogen-bond donors (Lipinski definition) is 1. The van der Waals surface area contributed by atoms with Crippen LogP contribution in [-0.2, 0) is 17.1 Å². The first-order valence-corrected chi connectivity index (χ1v) is 20.5. The van der Waals surface area contributed by atoms with E-state index in [0.29, 0.717) is 0 Å². The van der Waals surface area contributed by atoms with Crippen molar-refractivity contribution in [3.05, 3.63) is 11.8 Å². The van der Waals surface area contributed by atoms with Crippen LogP contribution in [0.15, 0.2) is 11.8 Å². The van der Waals surface area contributed by atoms with Crippen molar-refractivity contribution >= 4 is 34.0 Å². The molecule has 0 bridgehead atoms. The Hall–Kier alpha value is 0.408. The van der Waals surface area contributed by atoms with Crippen LogP contribution in [0.2, 0.25) is 52.4 Å². The molecule has 0 aromatic rings. The first-order chi connectivity index (χ1) is 11.1. The maximum Gasteiger partial charge on any atom is 0.320 e. The molecule has 0 aromatic carbocycles. The van der Waals surface area contributed by atoms with E-state index in [1.807, 2.05) is 13.1 Å². The zero-order chi connectivity index (χ0) is 19.9. The molecule has 0 aliphatic carbocycles. The molecule has 0 heterocycles. The van der Waals surface area contributed by atoms with E-state index in [-0.39, 0.29) is 0 Å². The Morgan fingerprint density at radius 2 is 1.32 bits per heavy atom. The zero-order valence-electron chi connectivity index (χ0n) is 17.8. The van der Waals surface area contributed by atoms with Gasteiger partial charge in [-0.25, -0.2) is 0 Å². The number of rotatable bonds is 13. The molecule has 0 atom stereocenters. The van der Waals surface area contributed by atoms with Crippen molar-refractivity contribution in [1.82, 2.24) is 0 Å². The third-order valence-corrected chi connectivity index (χ3v) is 17.5. The molecule has 150 valence electrons. The largest absolute Gasteiger partial charge is 0.433 e. The molecule has 0 aliphatic rings. The fourth-order valence-electron chi connectivity index (χ4n) is 2.98. The van der Waals surface area contributed by atoms with Gasteiger partial charge in [0.1, 0.15) is 0 Å². The summed E-state index contributed by atoms with van der Waals surface area (Å²) >= 11 is 0. The Bertz CT molecular complexity index is 419. The fourth-order valence-corrected chi connectivity index (χ4v) is 19.9. The Labute approximate surface area is 159 Å². The molecule has 0 fully saturated rings. The number of ether oxygens (including phenoxy) is 1. The summed E-state index contributed by atoms with van der Waals surface area (Å²) in [6, 6.07) is 0. The van der Waals surface area contributed by atoms with Gasteiger partial charge in [-0.2, -0.15) is 0 Å². The van der Waals surface area contributed by atoms with Crippen LogP contribution in [0.4, 0.5) is 0 Å². The van der Waals surface area contributed by atoms with Crippen molar-refractivity contribution in [3.63, 3.8) is 0 Å². The molecule has 0 spiro atoms. The smallest absolute Gasteiger partial charge is 0.320 e. The lowest BCUT2D eigenvalue weighted by Crippen LogP contribution is -2.56. The first kappa shape index (κ1) is 25.4. The number of hydrogen-bond acceptors (Lipinski definition) is 5. The molecular weight excluding hydrogens is 385 g/mol. The molecule has 25 heavy (non-hydrogen) atoms. The van der Waals surface area contributed by atoms with Crippen LogP contribution in [0.25, 0.3) is 0 Å². The van der Waals surface area contributed by atoms with Crippen LogP contribution in [0.3, 0.4) is 0 Å². The van der Waals surface area contributed by atoms with Crippen molar-refractivity contribution < 1.29 is 21.9 Å². The van der Waals surface area contributed by atoms with Gasteiger partial charge in [0.2, 0.25) is 8.32 Å². The molecule has 0 saturated heterocycles. The van der Waals surface area contributed by atoms with E-state index in [4.69, 9.17) is 17.1 Å². The SMILES string of the molecule is C=C(CCCCCOC)[Si](C)(C)O[Si](C)(C)O[Si](C)(C)O[Si](C)(C)O. The van der Waals surface area contributed by atoms with Gasteiger partial charge >= 0.3 is 25.7 Å². The van der Waals surface area contributed by atoms with Gasteiger partial charge in [-0.1, -0.05) is 11.6 Å². The number of allylic oxidation sites excluding steroid dienone is 1. The summed E-state index contributed by atoms with van der Waals surface area (Å²) in [4.78, 5) is 10.1. The molecule has 5 nitrogen and oxygen atoms in total. The minimum atomic E-state index is -2.61. The predicted molar refractivity (Wildman–Crippen MR) is 115 cm³/mol. The lowest BCUT2D eigenvalue weighted by Gasteiger charge is -2.40. The van der Waals surface area contributed by atoms with Gasteiger partial charge in [-0.05, 0) is 71.6 Å². The molecular formula is C16H40O5Si4. The molecule has 0 rings (SSSR count). The topological polar surface area (TPSA) is 57.2 Å². The monoisotopic (exact) mass is 424 g/mol. The molecule has 0 aromatic heterocycles. The fraction of sp³-hybridized carbons (Fsp3) is 0.875. The second-order valence-corrected chi connectivity index (χ2v) is 23.1. The lowest BCUT2D eigenvalue weighted by molar-refractivity contribution is 0.192. The Morgan fingerprint density at radius 3 is 1.80 bits per heavy atom. The number of methoxy groups -OCH3 is 1. The number of unbranched alkanes of at least 4 members (excludes halogenated alkanes) is 2. The van der Waals surface area contributed by atoms with Crippen LogP contribution in [-0.4, -0.2) is 52.5 Å². The van der Waals surface area contributed by atoms with E-state index in [2.05, 4.69) is 32.8 Å². The highest BCUT2D eigenvalue weighted by Crippen LogP contribution is 2.27. The predicted octanol–water partition coefficient (Wildman–Crippen LogP) is 4.64. The van der Waals surface area contributed by atoms with E-state index < -0.39 is 34.0 Å². The summed E-state index contributed by atoms with van der Waals surface area (Å²) in [5.41, 5.74) is 0. The van der Waals surface area contributed by atoms with Gasteiger partial charge in [-0.15, -0.1) is 6.58 Å². The highest BCUT2D eigenvalue weighted by Gasteiger charge is 2.43. The Balaban J connectivity index is 4.65. The summed E-state index contributed by atoms with van der Waals surface area (Å²) in [7, 11) is -7.71. The normalized spacial score (nSPS) is 14.0. The van der Waals surface area contributed by atoms with E-state index in [0.717, 1.165) is 32.3 Å². The quantitative estimate of drug-likeness (QED) is 0.345. The van der Waals surface area contributed by atoms with Gasteiger partial charge in [0.05, 0.1) is 0 Å². The maximum absolute atomic E-state index is 10.1. The zero-order valence-corrected chi connectivity index (χ0v) is 21.8. The van der Waals surface area contributed by atoms with Gasteiger partial charge < -0.3 is 21.9 Å². The molecule has 0 saturated carbocycles. The van der Waals surface area contributed by atoms with Gasteiger partial charge in [0, 0.05) is 13.7 Å². The first-order valence-electron chi connectivity index (χ1n) is 9.10. The second-order valence-electron chi connectivity index (χ2n) is 8.47. The van der Waals surface area contributed by atoms with Crippen molar-refractivity contribution in [2.24, 2.45) is 0 Å². The van der Waals surface area contributed by atoms with Crippen LogP contribution in [0.5, 0.6) is 0 Å². The summed E-state index contributed by atoms with van der Waals surface area (Å²) in [6.45, 7) is 21.2. The van der Waals surface area contributed by atoms with Gasteiger partial charge in [0.15, 0.2) is 0 Å². The molecule has 9 heteroatoms. The minimum absolute atomic E-state index is 0.821. The van der Waals surface area contributed by atoms with Crippen molar-refractivity contribution in [2.75, 3.05) is 13.7 Å². The van der Waals surface area contributed by atoms with E-state index in [1.165, 1.54) is 5.20 Å². The average molecular weight is 425 g/mol. The molecule has 0 aliphatic heterocycles. The average Bonchev–Trinajstić information content (AvgIpc) is 2.31. The van der Waals surface area contributed by atoms with Crippen LogP contribution in [0.1, 0.15) is 25.7 Å². The standard InChI is InChI=1S/C16H40O5Si4/c1-16(14-12-11-13-15-18-2)22(3,4)19-24(7,8)21-25(9,10)20-23(5,6)17/h17H,1,11-15H2,2-10H3. The Morgan fingerprint density at radius 1 is 0.800 bits per heavy atom. The van der Waals surface area contributed by atoms with Gasteiger partial charge in [0.25, 0.3) is 0 Å². The van der Waals surface area contributed by atoms with E-state index >= 15 is 0 Å². The van der Waals surface area contributed by atoms with E-state index in [9.17, 15) is 4.80 Å². The highest BCUT2D eigenvalue weighted by atomic mass is 28.5. The summed E-state index contributed by atoms with van der Waals surface area (Å²) in [5, 5.41) is 1.23. The Kier molecular flexibility index (Phi) is 10.3. The molecule has 1 N–H and O–H groups in total. The molecule has 0 unspecified atom stereocenters. The van der Waals surface area contributed by atoms with Crippen molar-refractivity contribution in [2.45, 2.75) is 78.1 Å². The molecule has 0 amide bonds. The van der Waals surface area contributed by atoms with Crippen LogP contribution in [0, 0.1) is 0 Å². The van der Waals surface area contributed by atoms with Crippen molar-refractivity contribution in [3.8, 4) is 0 Å². The lowest BCUT2D eigenvalue weighted by atomic mass is 10.2. The van der Waals surface area contributed by atoms with Crippen LogP contribution >= 0.6 is 0 Å². The van der Waals surface area contributed by atoms with Crippen LogP contribution < -0.4 is 0 Å². The van der Waals surface area contributed by atoms with E-state index in [1.54, 1.807) is 20.2 Å². The second kappa shape index (κ2) is 10.1. The van der Waals surface area contributed by atoms with Gasteiger partial charge in [-0.3, -0.25) is 0 Å². The van der Waals surface area contributed by atoms with Crippen molar-refractivity contribution in [1.29, 1.82) is 0 Å². The molecule has 0 radical (unpaired) electrons. The minimum Gasteiger partial charge on any atom is -0.433 e. The summed E-state index contributed by atoms with van der Waals surface area (Å²) < 4.78 is 23.8. The third-order valence-electron chi connectivity index (χ3n) is 3.67. The highest BCUT2D eigenvalue weighted by molar-refractivity contribution is 6.90. The maximum atomic E-state index is 10.1. The third kappa shape index (κ3) is 12.4. The summed E-state index contributed by atoms with van der Waals surface area (Å²) in [6.07, 6.45) is 4.37. The summed E-state index contributed by atoms with van der Waals surface area (Å²) in [5.74, 6) is 0.